The summed E-state index contributed by atoms with van der Waals surface area (Å²) in [4.78, 5) is 14.7. The van der Waals surface area contributed by atoms with Gasteiger partial charge in [-0.1, -0.05) is 42.5 Å². The van der Waals surface area contributed by atoms with Crippen molar-refractivity contribution in [1.29, 1.82) is 0 Å². The first-order valence-corrected chi connectivity index (χ1v) is 9.66. The first kappa shape index (κ1) is 20.6. The second-order valence-corrected chi connectivity index (χ2v) is 6.79. The van der Waals surface area contributed by atoms with Crippen molar-refractivity contribution < 1.29 is 13.9 Å². The Morgan fingerprint density at radius 1 is 0.897 bits per heavy atom. The highest BCUT2D eigenvalue weighted by Crippen LogP contribution is 2.17. The number of nitrogens with two attached hydrogens (primary N) is 1. The minimum atomic E-state index is -0.292. The Balaban J connectivity index is 1.65. The molecule has 0 aliphatic carbocycles. The third-order valence-electron chi connectivity index (χ3n) is 4.56. The van der Waals surface area contributed by atoms with E-state index in [9.17, 15) is 9.18 Å². The Hall–Kier alpha value is -3.18. The molecule has 0 unspecified atom stereocenters. The summed E-state index contributed by atoms with van der Waals surface area (Å²) in [6, 6.07) is 23.2. The summed E-state index contributed by atoms with van der Waals surface area (Å²) in [5, 5.41) is 0. The van der Waals surface area contributed by atoms with Crippen LogP contribution in [0.15, 0.2) is 78.9 Å². The van der Waals surface area contributed by atoms with E-state index in [1.54, 1.807) is 41.3 Å². The molecule has 0 aliphatic rings. The van der Waals surface area contributed by atoms with Gasteiger partial charge in [0.05, 0.1) is 0 Å². The highest BCUT2D eigenvalue weighted by atomic mass is 19.1. The molecule has 0 bridgehead atoms. The van der Waals surface area contributed by atoms with Gasteiger partial charge >= 0.3 is 0 Å². The van der Waals surface area contributed by atoms with Crippen molar-refractivity contribution in [3.63, 3.8) is 0 Å². The molecule has 0 fully saturated rings. The third-order valence-corrected chi connectivity index (χ3v) is 4.56. The average molecular weight is 392 g/mol. The molecule has 0 saturated carbocycles. The van der Waals surface area contributed by atoms with Gasteiger partial charge < -0.3 is 15.4 Å². The maximum atomic E-state index is 13.2. The number of hydrogen-bond donors (Lipinski definition) is 1. The molecule has 4 nitrogen and oxygen atoms in total. The maximum Gasteiger partial charge on any atom is 0.254 e. The van der Waals surface area contributed by atoms with E-state index in [1.807, 2.05) is 30.3 Å². The zero-order valence-corrected chi connectivity index (χ0v) is 16.3. The van der Waals surface area contributed by atoms with E-state index >= 15 is 0 Å². The smallest absolute Gasteiger partial charge is 0.254 e. The summed E-state index contributed by atoms with van der Waals surface area (Å²) in [5.74, 6) is 0.328. The zero-order valence-electron chi connectivity index (χ0n) is 16.3. The van der Waals surface area contributed by atoms with Crippen molar-refractivity contribution >= 4 is 5.91 Å². The molecule has 2 N–H and O–H groups in total. The number of nitrogens with zero attached hydrogens (tertiary/aromatic N) is 1. The number of benzene rings is 3. The van der Waals surface area contributed by atoms with Crippen LogP contribution in [0.5, 0.6) is 5.75 Å². The van der Waals surface area contributed by atoms with Gasteiger partial charge in [-0.3, -0.25) is 4.79 Å². The number of carbonyl (C=O) groups is 1. The van der Waals surface area contributed by atoms with Crippen LogP contribution in [-0.4, -0.2) is 23.9 Å². The largest absolute Gasteiger partial charge is 0.489 e. The molecule has 0 saturated heterocycles. The predicted octanol–water partition coefficient (Wildman–Crippen LogP) is 4.40. The summed E-state index contributed by atoms with van der Waals surface area (Å²) in [7, 11) is 0. The van der Waals surface area contributed by atoms with Gasteiger partial charge in [0.2, 0.25) is 0 Å². The fraction of sp³-hybridized carbons (Fsp3) is 0.208. The van der Waals surface area contributed by atoms with E-state index in [0.717, 1.165) is 11.1 Å². The predicted molar refractivity (Wildman–Crippen MR) is 112 cm³/mol. The summed E-state index contributed by atoms with van der Waals surface area (Å²) < 4.78 is 18.9. The number of ether oxygens (including phenoxy) is 1. The quantitative estimate of drug-likeness (QED) is 0.587. The number of carbonyl (C=O) groups excluding carboxylic acids is 1. The van der Waals surface area contributed by atoms with E-state index in [4.69, 9.17) is 10.5 Å². The maximum absolute atomic E-state index is 13.2. The van der Waals surface area contributed by atoms with Gasteiger partial charge in [0.15, 0.2) is 0 Å². The molecular weight excluding hydrogens is 367 g/mol. The Labute approximate surface area is 170 Å². The van der Waals surface area contributed by atoms with Gasteiger partial charge in [0, 0.05) is 18.7 Å². The molecule has 3 aromatic carbocycles. The topological polar surface area (TPSA) is 55.6 Å². The van der Waals surface area contributed by atoms with Gasteiger partial charge in [-0.15, -0.1) is 0 Å². The molecule has 0 aromatic heterocycles. The molecule has 3 aromatic rings. The fourth-order valence-electron chi connectivity index (χ4n) is 2.96. The lowest BCUT2D eigenvalue weighted by Gasteiger charge is -2.23. The van der Waals surface area contributed by atoms with Crippen molar-refractivity contribution in [2.24, 2.45) is 5.73 Å². The zero-order chi connectivity index (χ0) is 20.5. The lowest BCUT2D eigenvalue weighted by Crippen LogP contribution is -2.32. The van der Waals surface area contributed by atoms with E-state index in [1.165, 1.54) is 12.1 Å². The number of halogens is 1. The van der Waals surface area contributed by atoms with Crippen LogP contribution in [0.1, 0.15) is 27.9 Å². The van der Waals surface area contributed by atoms with Gasteiger partial charge in [-0.25, -0.2) is 4.39 Å². The summed E-state index contributed by atoms with van der Waals surface area (Å²) in [6.07, 6.45) is 0.700. The summed E-state index contributed by atoms with van der Waals surface area (Å²) in [5.41, 5.74) is 8.16. The third kappa shape index (κ3) is 6.16. The Bertz CT molecular complexity index is 896. The van der Waals surface area contributed by atoms with Crippen LogP contribution >= 0.6 is 0 Å². The highest BCUT2D eigenvalue weighted by Gasteiger charge is 2.16. The van der Waals surface area contributed by atoms with Crippen molar-refractivity contribution in [3.8, 4) is 5.75 Å². The lowest BCUT2D eigenvalue weighted by molar-refractivity contribution is 0.0742. The molecule has 0 atom stereocenters. The van der Waals surface area contributed by atoms with Crippen LogP contribution in [0, 0.1) is 5.82 Å². The van der Waals surface area contributed by atoms with E-state index in [2.05, 4.69) is 0 Å². The van der Waals surface area contributed by atoms with Crippen LogP contribution in [0.25, 0.3) is 0 Å². The van der Waals surface area contributed by atoms with E-state index in [-0.39, 0.29) is 11.7 Å². The number of rotatable bonds is 9. The van der Waals surface area contributed by atoms with Crippen LogP contribution < -0.4 is 10.5 Å². The highest BCUT2D eigenvalue weighted by molar-refractivity contribution is 5.94. The van der Waals surface area contributed by atoms with Gasteiger partial charge in [-0.2, -0.15) is 0 Å². The Morgan fingerprint density at radius 2 is 1.59 bits per heavy atom. The monoisotopic (exact) mass is 392 g/mol. The summed E-state index contributed by atoms with van der Waals surface area (Å²) in [6.45, 7) is 1.92. The van der Waals surface area contributed by atoms with Gasteiger partial charge in [0.1, 0.15) is 18.2 Å². The minimum absolute atomic E-state index is 0.0858. The minimum Gasteiger partial charge on any atom is -0.489 e. The molecule has 0 aliphatic heterocycles. The van der Waals surface area contributed by atoms with Crippen LogP contribution in [-0.2, 0) is 13.2 Å². The normalized spacial score (nSPS) is 10.6. The number of amides is 1. The van der Waals surface area contributed by atoms with E-state index in [0.29, 0.717) is 44.0 Å². The van der Waals surface area contributed by atoms with Crippen LogP contribution in [0.2, 0.25) is 0 Å². The average Bonchev–Trinajstić information content (AvgIpc) is 2.77. The first-order chi connectivity index (χ1) is 14.2. The van der Waals surface area contributed by atoms with Crippen molar-refractivity contribution in [2.75, 3.05) is 13.1 Å². The summed E-state index contributed by atoms with van der Waals surface area (Å²) >= 11 is 0. The molecule has 5 heteroatoms. The van der Waals surface area contributed by atoms with Crippen molar-refractivity contribution in [3.05, 3.63) is 101 Å². The molecule has 1 amide bonds. The molecular formula is C24H25FN2O2. The molecule has 0 radical (unpaired) electrons. The number of hydrogen-bond acceptors (Lipinski definition) is 3. The molecule has 0 heterocycles. The Morgan fingerprint density at radius 3 is 2.24 bits per heavy atom. The van der Waals surface area contributed by atoms with Crippen LogP contribution in [0.3, 0.4) is 0 Å². The van der Waals surface area contributed by atoms with E-state index < -0.39 is 0 Å². The standard InChI is InChI=1S/C24H25FN2O2/c25-22-11-7-19(8-12-22)17-27(16-4-15-26)24(28)21-9-13-23(14-10-21)29-18-20-5-2-1-3-6-20/h1-3,5-14H,4,15-18,26H2. The Kier molecular flexibility index (Phi) is 7.36. The van der Waals surface area contributed by atoms with Crippen molar-refractivity contribution in [2.45, 2.75) is 19.6 Å². The second kappa shape index (κ2) is 10.4. The SMILES string of the molecule is NCCCN(Cc1ccc(F)cc1)C(=O)c1ccc(OCc2ccccc2)cc1. The molecule has 29 heavy (non-hydrogen) atoms. The molecule has 150 valence electrons. The van der Waals surface area contributed by atoms with Gasteiger partial charge in [-0.05, 0) is 60.5 Å². The molecule has 0 spiro atoms. The fourth-order valence-corrected chi connectivity index (χ4v) is 2.96. The van der Waals surface area contributed by atoms with Gasteiger partial charge in [0.25, 0.3) is 5.91 Å². The van der Waals surface area contributed by atoms with Crippen molar-refractivity contribution in [1.82, 2.24) is 4.90 Å². The first-order valence-electron chi connectivity index (χ1n) is 9.66. The molecule has 3 rings (SSSR count). The van der Waals surface area contributed by atoms with Crippen LogP contribution in [0.4, 0.5) is 4.39 Å². The lowest BCUT2D eigenvalue weighted by atomic mass is 10.1. The second-order valence-electron chi connectivity index (χ2n) is 6.79.